The summed E-state index contributed by atoms with van der Waals surface area (Å²) in [4.78, 5) is 0. The van der Waals surface area contributed by atoms with E-state index in [9.17, 15) is 0 Å². The van der Waals surface area contributed by atoms with Crippen LogP contribution in [0.2, 0.25) is 0 Å². The van der Waals surface area contributed by atoms with Crippen LogP contribution >= 0.6 is 0 Å². The fourth-order valence-corrected chi connectivity index (χ4v) is 1.10. The number of rotatable bonds is 5. The Labute approximate surface area is 63.6 Å². The summed E-state index contributed by atoms with van der Waals surface area (Å²) in [6.45, 7) is 7.51. The van der Waals surface area contributed by atoms with Crippen LogP contribution in [-0.4, -0.2) is 24.3 Å². The van der Waals surface area contributed by atoms with Gasteiger partial charge in [-0.2, -0.15) is 0 Å². The number of aliphatic hydroxyl groups excluding tert-OH is 1. The number of aliphatic hydroxyl groups is 1. The first kappa shape index (κ1) is 9.92. The lowest BCUT2D eigenvalue weighted by molar-refractivity contribution is 0.281. The predicted molar refractivity (Wildman–Crippen MR) is 44.0 cm³/mol. The molecule has 1 unspecified atom stereocenters. The molecule has 0 spiro atoms. The Morgan fingerprint density at radius 2 is 1.90 bits per heavy atom. The Morgan fingerprint density at radius 3 is 2.30 bits per heavy atom. The summed E-state index contributed by atoms with van der Waals surface area (Å²) >= 11 is 0. The summed E-state index contributed by atoms with van der Waals surface area (Å²) in [6.07, 6.45) is 1.18. The van der Waals surface area contributed by atoms with E-state index < -0.39 is 0 Å². The molecule has 2 nitrogen and oxygen atoms in total. The molecule has 2 heteroatoms. The molecule has 0 aromatic rings. The Balaban J connectivity index is 3.16. The molecule has 0 radical (unpaired) electrons. The summed E-state index contributed by atoms with van der Waals surface area (Å²) in [5, 5.41) is 11.7. The van der Waals surface area contributed by atoms with Crippen molar-refractivity contribution in [2.45, 2.75) is 33.2 Å². The maximum absolute atomic E-state index is 8.49. The lowest BCUT2D eigenvalue weighted by Gasteiger charge is -2.14. The minimum Gasteiger partial charge on any atom is -0.395 e. The number of nitrogens with one attached hydrogen (secondary N) is 1. The van der Waals surface area contributed by atoms with Crippen molar-refractivity contribution >= 4 is 0 Å². The molecule has 0 fully saturated rings. The quantitative estimate of drug-likeness (QED) is 0.605. The second-order valence-electron chi connectivity index (χ2n) is 3.21. The monoisotopic (exact) mass is 145 g/mol. The topological polar surface area (TPSA) is 32.3 Å². The predicted octanol–water partition coefficient (Wildman–Crippen LogP) is 1.00. The maximum Gasteiger partial charge on any atom is 0.0556 e. The minimum atomic E-state index is 0.239. The van der Waals surface area contributed by atoms with Gasteiger partial charge >= 0.3 is 0 Å². The summed E-state index contributed by atoms with van der Waals surface area (Å²) in [7, 11) is 0. The average Bonchev–Trinajstić information content (AvgIpc) is 1.82. The van der Waals surface area contributed by atoms with Crippen LogP contribution in [0.1, 0.15) is 27.2 Å². The average molecular weight is 145 g/mol. The van der Waals surface area contributed by atoms with Gasteiger partial charge in [-0.3, -0.25) is 0 Å². The molecule has 0 saturated heterocycles. The maximum atomic E-state index is 8.49. The van der Waals surface area contributed by atoms with Crippen LogP contribution in [0.25, 0.3) is 0 Å². The molecule has 0 aliphatic rings. The fourth-order valence-electron chi connectivity index (χ4n) is 1.10. The van der Waals surface area contributed by atoms with Crippen molar-refractivity contribution in [3.63, 3.8) is 0 Å². The molecule has 10 heavy (non-hydrogen) atoms. The zero-order chi connectivity index (χ0) is 7.98. The third-order valence-corrected chi connectivity index (χ3v) is 1.43. The lowest BCUT2D eigenvalue weighted by Crippen LogP contribution is -2.29. The summed E-state index contributed by atoms with van der Waals surface area (Å²) in [6, 6.07) is 0.534. The van der Waals surface area contributed by atoms with E-state index in [4.69, 9.17) is 5.11 Å². The zero-order valence-corrected chi connectivity index (χ0v) is 7.22. The molecule has 0 heterocycles. The molecular formula is C8H19NO. The highest BCUT2D eigenvalue weighted by molar-refractivity contribution is 4.61. The van der Waals surface area contributed by atoms with E-state index in [0.29, 0.717) is 12.6 Å². The van der Waals surface area contributed by atoms with Crippen molar-refractivity contribution in [1.82, 2.24) is 5.32 Å². The van der Waals surface area contributed by atoms with Crippen molar-refractivity contribution in [3.8, 4) is 0 Å². The molecule has 0 aliphatic carbocycles. The first-order valence-corrected chi connectivity index (χ1v) is 4.01. The van der Waals surface area contributed by atoms with Gasteiger partial charge in [0.2, 0.25) is 0 Å². The number of hydrogen-bond donors (Lipinski definition) is 2. The van der Waals surface area contributed by atoms with Gasteiger partial charge < -0.3 is 10.4 Å². The van der Waals surface area contributed by atoms with Crippen LogP contribution in [0.5, 0.6) is 0 Å². The van der Waals surface area contributed by atoms with E-state index in [1.807, 2.05) is 0 Å². The first-order chi connectivity index (χ1) is 4.66. The van der Waals surface area contributed by atoms with Gasteiger partial charge in [-0.15, -0.1) is 0 Å². The molecule has 0 aromatic heterocycles. The Kier molecular flexibility index (Phi) is 5.64. The second-order valence-corrected chi connectivity index (χ2v) is 3.21. The van der Waals surface area contributed by atoms with Gasteiger partial charge in [0.15, 0.2) is 0 Å². The zero-order valence-electron chi connectivity index (χ0n) is 7.22. The van der Waals surface area contributed by atoms with Gasteiger partial charge in [-0.05, 0) is 19.3 Å². The van der Waals surface area contributed by atoms with Crippen molar-refractivity contribution in [2.24, 2.45) is 5.92 Å². The summed E-state index contributed by atoms with van der Waals surface area (Å²) in [5.41, 5.74) is 0. The van der Waals surface area contributed by atoms with Gasteiger partial charge in [0.25, 0.3) is 0 Å². The summed E-state index contributed by atoms with van der Waals surface area (Å²) in [5.74, 6) is 0.737. The fraction of sp³-hybridized carbons (Fsp3) is 1.00. The Bertz CT molecular complexity index is 73.7. The van der Waals surface area contributed by atoms with Crippen LogP contribution in [0.3, 0.4) is 0 Å². The van der Waals surface area contributed by atoms with Crippen molar-refractivity contribution < 1.29 is 5.11 Å². The lowest BCUT2D eigenvalue weighted by atomic mass is 10.1. The van der Waals surface area contributed by atoms with E-state index in [2.05, 4.69) is 26.1 Å². The van der Waals surface area contributed by atoms with Crippen LogP contribution in [0.4, 0.5) is 0 Å². The van der Waals surface area contributed by atoms with Crippen molar-refractivity contribution in [3.05, 3.63) is 0 Å². The highest BCUT2D eigenvalue weighted by Crippen LogP contribution is 2.02. The molecule has 0 rings (SSSR count). The normalized spacial score (nSPS) is 14.1. The third-order valence-electron chi connectivity index (χ3n) is 1.43. The van der Waals surface area contributed by atoms with Gasteiger partial charge in [-0.25, -0.2) is 0 Å². The third kappa shape index (κ3) is 6.05. The van der Waals surface area contributed by atoms with Gasteiger partial charge in [0.05, 0.1) is 6.61 Å². The highest BCUT2D eigenvalue weighted by atomic mass is 16.3. The second kappa shape index (κ2) is 5.69. The van der Waals surface area contributed by atoms with Gasteiger partial charge in [-0.1, -0.05) is 13.8 Å². The van der Waals surface area contributed by atoms with Crippen LogP contribution < -0.4 is 5.32 Å². The molecule has 62 valence electrons. The van der Waals surface area contributed by atoms with Crippen LogP contribution in [0.15, 0.2) is 0 Å². The molecule has 2 N–H and O–H groups in total. The Hall–Kier alpha value is -0.0800. The smallest absolute Gasteiger partial charge is 0.0556 e. The van der Waals surface area contributed by atoms with Gasteiger partial charge in [0, 0.05) is 12.6 Å². The van der Waals surface area contributed by atoms with E-state index in [1.54, 1.807) is 0 Å². The SMILES string of the molecule is CC(C)CC(C)NCCO. The van der Waals surface area contributed by atoms with E-state index in [1.165, 1.54) is 6.42 Å². The summed E-state index contributed by atoms with van der Waals surface area (Å²) < 4.78 is 0. The van der Waals surface area contributed by atoms with Crippen LogP contribution in [0, 0.1) is 5.92 Å². The molecule has 0 aliphatic heterocycles. The van der Waals surface area contributed by atoms with Gasteiger partial charge in [0.1, 0.15) is 0 Å². The van der Waals surface area contributed by atoms with E-state index in [-0.39, 0.29) is 6.61 Å². The number of hydrogen-bond acceptors (Lipinski definition) is 2. The largest absolute Gasteiger partial charge is 0.395 e. The molecule has 0 aromatic carbocycles. The standard InChI is InChI=1S/C8H19NO/c1-7(2)6-8(3)9-4-5-10/h7-10H,4-6H2,1-3H3. The van der Waals surface area contributed by atoms with E-state index >= 15 is 0 Å². The molecule has 0 saturated carbocycles. The first-order valence-electron chi connectivity index (χ1n) is 4.01. The minimum absolute atomic E-state index is 0.239. The molecule has 0 amide bonds. The Morgan fingerprint density at radius 1 is 1.30 bits per heavy atom. The molecule has 0 bridgehead atoms. The van der Waals surface area contributed by atoms with Crippen LogP contribution in [-0.2, 0) is 0 Å². The van der Waals surface area contributed by atoms with Crippen molar-refractivity contribution in [1.29, 1.82) is 0 Å². The van der Waals surface area contributed by atoms with Crippen molar-refractivity contribution in [2.75, 3.05) is 13.2 Å². The highest BCUT2D eigenvalue weighted by Gasteiger charge is 2.02. The molecule has 1 atom stereocenters. The van der Waals surface area contributed by atoms with E-state index in [0.717, 1.165) is 5.92 Å². The molecular weight excluding hydrogens is 126 g/mol.